The van der Waals surface area contributed by atoms with Crippen LogP contribution in [0, 0.1) is 11.8 Å². The molecule has 3 nitrogen and oxygen atoms in total. The predicted octanol–water partition coefficient (Wildman–Crippen LogP) is 7.26. The van der Waals surface area contributed by atoms with Crippen LogP contribution in [0.15, 0.2) is 60.9 Å². The molecule has 2 aromatic carbocycles. The molecule has 1 aliphatic rings. The second-order valence-corrected chi connectivity index (χ2v) is 9.46. The van der Waals surface area contributed by atoms with Gasteiger partial charge in [-0.3, -0.25) is 4.79 Å². The average Bonchev–Trinajstić information content (AvgIpc) is 2.85. The third-order valence-corrected chi connectivity index (χ3v) is 7.24. The molecule has 0 spiro atoms. The maximum absolute atomic E-state index is 11.5. The van der Waals surface area contributed by atoms with Crippen LogP contribution in [0.4, 0.5) is 0 Å². The van der Waals surface area contributed by atoms with Crippen LogP contribution in [0.3, 0.4) is 0 Å². The fraction of sp³-hybridized carbons (Fsp3) is 0.414. The lowest BCUT2D eigenvalue weighted by Crippen LogP contribution is -2.12. The molecule has 0 bridgehead atoms. The van der Waals surface area contributed by atoms with Crippen molar-refractivity contribution in [1.29, 1.82) is 0 Å². The van der Waals surface area contributed by atoms with Gasteiger partial charge in [0.05, 0.1) is 0 Å². The Morgan fingerprint density at radius 1 is 0.875 bits per heavy atom. The van der Waals surface area contributed by atoms with E-state index in [1.54, 1.807) is 6.92 Å². The van der Waals surface area contributed by atoms with Crippen molar-refractivity contribution >= 4 is 5.78 Å². The molecule has 1 aromatic heterocycles. The van der Waals surface area contributed by atoms with Crippen LogP contribution < -0.4 is 0 Å². The second-order valence-electron chi connectivity index (χ2n) is 9.46. The highest BCUT2D eigenvalue weighted by atomic mass is 16.1. The topological polar surface area (TPSA) is 42.9 Å². The standard InChI is InChI=1S/C29H34N2O/c1-4-22-5-9-24(10-6-22)25-13-15-26(16-14-25)28-18-30-29(31-19-28)27-11-7-23(8-12-27)17-20(2)21(3)32/h7-8,11-16,18-20,22,24H,4-6,9-10,17H2,1-3H3/t20?,22-,24-. The molecule has 0 amide bonds. The Hall–Kier alpha value is -2.81. The van der Waals surface area contributed by atoms with Crippen LogP contribution in [0.2, 0.25) is 0 Å². The number of Topliss-reactive ketones (excluding diaryl/α,β-unsaturated/α-hetero) is 1. The Labute approximate surface area is 192 Å². The lowest BCUT2D eigenvalue weighted by Gasteiger charge is -2.28. The van der Waals surface area contributed by atoms with Gasteiger partial charge < -0.3 is 0 Å². The molecule has 1 fully saturated rings. The number of hydrogen-bond donors (Lipinski definition) is 0. The number of benzene rings is 2. The summed E-state index contributed by atoms with van der Waals surface area (Å²) in [6.07, 6.45) is 11.3. The molecule has 0 N–H and O–H groups in total. The van der Waals surface area contributed by atoms with Crippen molar-refractivity contribution < 1.29 is 4.79 Å². The van der Waals surface area contributed by atoms with E-state index in [9.17, 15) is 4.79 Å². The number of nitrogens with zero attached hydrogens (tertiary/aromatic N) is 2. The van der Waals surface area contributed by atoms with E-state index >= 15 is 0 Å². The monoisotopic (exact) mass is 426 g/mol. The summed E-state index contributed by atoms with van der Waals surface area (Å²) in [5.41, 5.74) is 5.84. The summed E-state index contributed by atoms with van der Waals surface area (Å²) in [4.78, 5) is 20.7. The number of rotatable bonds is 7. The summed E-state index contributed by atoms with van der Waals surface area (Å²) >= 11 is 0. The summed E-state index contributed by atoms with van der Waals surface area (Å²) < 4.78 is 0. The minimum absolute atomic E-state index is 0.0501. The molecule has 0 aliphatic heterocycles. The first-order chi connectivity index (χ1) is 15.5. The number of carbonyl (C=O) groups is 1. The Morgan fingerprint density at radius 2 is 1.47 bits per heavy atom. The number of hydrogen-bond acceptors (Lipinski definition) is 3. The maximum Gasteiger partial charge on any atom is 0.159 e. The van der Waals surface area contributed by atoms with Gasteiger partial charge in [0.15, 0.2) is 5.82 Å². The molecule has 0 radical (unpaired) electrons. The van der Waals surface area contributed by atoms with Gasteiger partial charge in [0.25, 0.3) is 0 Å². The average molecular weight is 427 g/mol. The molecular formula is C29H34N2O. The van der Waals surface area contributed by atoms with E-state index in [1.165, 1.54) is 37.7 Å². The summed E-state index contributed by atoms with van der Waals surface area (Å²) in [6.45, 7) is 5.94. The highest BCUT2D eigenvalue weighted by molar-refractivity contribution is 5.78. The molecule has 1 unspecified atom stereocenters. The molecule has 1 aliphatic carbocycles. The smallest absolute Gasteiger partial charge is 0.159 e. The van der Waals surface area contributed by atoms with Crippen LogP contribution >= 0.6 is 0 Å². The van der Waals surface area contributed by atoms with E-state index in [-0.39, 0.29) is 11.7 Å². The number of ketones is 1. The van der Waals surface area contributed by atoms with Crippen LogP contribution in [0.5, 0.6) is 0 Å². The van der Waals surface area contributed by atoms with Gasteiger partial charge in [-0.1, -0.05) is 68.8 Å². The third-order valence-electron chi connectivity index (χ3n) is 7.24. The minimum Gasteiger partial charge on any atom is -0.300 e. The van der Waals surface area contributed by atoms with Crippen molar-refractivity contribution in [2.75, 3.05) is 0 Å². The van der Waals surface area contributed by atoms with E-state index in [0.717, 1.165) is 40.4 Å². The summed E-state index contributed by atoms with van der Waals surface area (Å²) in [7, 11) is 0. The molecule has 1 saturated carbocycles. The van der Waals surface area contributed by atoms with E-state index < -0.39 is 0 Å². The normalized spacial score (nSPS) is 19.5. The highest BCUT2D eigenvalue weighted by Crippen LogP contribution is 2.37. The van der Waals surface area contributed by atoms with Gasteiger partial charge in [0, 0.05) is 29.4 Å². The summed E-state index contributed by atoms with van der Waals surface area (Å²) in [5, 5.41) is 0. The molecule has 3 heteroatoms. The zero-order valence-corrected chi connectivity index (χ0v) is 19.6. The molecular weight excluding hydrogens is 392 g/mol. The van der Waals surface area contributed by atoms with Gasteiger partial charge in [-0.2, -0.15) is 0 Å². The lowest BCUT2D eigenvalue weighted by molar-refractivity contribution is -0.120. The lowest BCUT2D eigenvalue weighted by atomic mass is 9.78. The molecule has 3 aromatic rings. The fourth-order valence-electron chi connectivity index (χ4n) is 4.77. The molecule has 0 saturated heterocycles. The minimum atomic E-state index is 0.0501. The molecule has 1 atom stereocenters. The van der Waals surface area contributed by atoms with Gasteiger partial charge in [0.2, 0.25) is 0 Å². The first-order valence-corrected chi connectivity index (χ1v) is 12.1. The van der Waals surface area contributed by atoms with Crippen molar-refractivity contribution in [1.82, 2.24) is 9.97 Å². The van der Waals surface area contributed by atoms with Gasteiger partial charge in [-0.05, 0) is 67.6 Å². The quantitative estimate of drug-likeness (QED) is 0.399. The van der Waals surface area contributed by atoms with Crippen molar-refractivity contribution in [2.45, 2.75) is 65.2 Å². The number of carbonyl (C=O) groups excluding carboxylic acids is 1. The van der Waals surface area contributed by atoms with Crippen LogP contribution in [-0.2, 0) is 11.2 Å². The summed E-state index contributed by atoms with van der Waals surface area (Å²) in [6, 6.07) is 17.2. The highest BCUT2D eigenvalue weighted by Gasteiger charge is 2.21. The first kappa shape index (κ1) is 22.4. The van der Waals surface area contributed by atoms with Crippen molar-refractivity contribution in [2.24, 2.45) is 11.8 Å². The van der Waals surface area contributed by atoms with Gasteiger partial charge in [-0.25, -0.2) is 9.97 Å². The van der Waals surface area contributed by atoms with Crippen LogP contribution in [0.25, 0.3) is 22.5 Å². The van der Waals surface area contributed by atoms with Gasteiger partial charge >= 0.3 is 0 Å². The van der Waals surface area contributed by atoms with Crippen LogP contribution in [-0.4, -0.2) is 15.8 Å². The maximum atomic E-state index is 11.5. The predicted molar refractivity (Wildman–Crippen MR) is 131 cm³/mol. The zero-order chi connectivity index (χ0) is 22.5. The van der Waals surface area contributed by atoms with E-state index in [2.05, 4.69) is 53.3 Å². The van der Waals surface area contributed by atoms with Crippen molar-refractivity contribution in [3.63, 3.8) is 0 Å². The molecule has 32 heavy (non-hydrogen) atoms. The van der Waals surface area contributed by atoms with Crippen molar-refractivity contribution in [3.8, 4) is 22.5 Å². The zero-order valence-electron chi connectivity index (χ0n) is 19.6. The Morgan fingerprint density at radius 3 is 2.03 bits per heavy atom. The summed E-state index contributed by atoms with van der Waals surface area (Å²) in [5.74, 6) is 2.65. The van der Waals surface area contributed by atoms with E-state index in [4.69, 9.17) is 0 Å². The first-order valence-electron chi connectivity index (χ1n) is 12.1. The third kappa shape index (κ3) is 5.32. The molecule has 4 rings (SSSR count). The second kappa shape index (κ2) is 10.2. The van der Waals surface area contributed by atoms with E-state index in [1.807, 2.05) is 31.5 Å². The largest absolute Gasteiger partial charge is 0.300 e. The van der Waals surface area contributed by atoms with E-state index in [0.29, 0.717) is 5.92 Å². The van der Waals surface area contributed by atoms with Gasteiger partial charge in [0.1, 0.15) is 5.78 Å². The molecule has 1 heterocycles. The molecule has 166 valence electrons. The number of aromatic nitrogens is 2. The van der Waals surface area contributed by atoms with Crippen LogP contribution in [0.1, 0.15) is 69.9 Å². The van der Waals surface area contributed by atoms with Crippen molar-refractivity contribution in [3.05, 3.63) is 72.1 Å². The SMILES string of the molecule is CC[C@H]1CC[C@H](c2ccc(-c3cnc(-c4ccc(CC(C)C(C)=O)cc4)nc3)cc2)CC1. The Bertz CT molecular complexity index is 1010. The Balaban J connectivity index is 1.41. The fourth-order valence-corrected chi connectivity index (χ4v) is 4.77. The van der Waals surface area contributed by atoms with Gasteiger partial charge in [-0.15, -0.1) is 0 Å². The Kier molecular flexibility index (Phi) is 7.14.